The van der Waals surface area contributed by atoms with E-state index in [0.717, 1.165) is 28.2 Å². The third-order valence-corrected chi connectivity index (χ3v) is 5.56. The molecule has 0 spiro atoms. The number of carboxylic acid groups (broad SMARTS) is 1. The van der Waals surface area contributed by atoms with Crippen molar-refractivity contribution in [3.63, 3.8) is 0 Å². The molecule has 5 heteroatoms. The molecule has 0 saturated heterocycles. The Morgan fingerprint density at radius 3 is 2.31 bits per heavy atom. The summed E-state index contributed by atoms with van der Waals surface area (Å²) in [5.41, 5.74) is 4.94. The van der Waals surface area contributed by atoms with Crippen molar-refractivity contribution >= 4 is 17.3 Å². The van der Waals surface area contributed by atoms with Gasteiger partial charge in [-0.1, -0.05) is 19.1 Å². The van der Waals surface area contributed by atoms with Crippen LogP contribution in [0.1, 0.15) is 39.0 Å². The fourth-order valence-corrected chi connectivity index (χ4v) is 3.75. The molecule has 1 aromatic heterocycles. The Morgan fingerprint density at radius 1 is 1.08 bits per heavy atom. The maximum absolute atomic E-state index is 11.3. The first kappa shape index (κ1) is 18.1. The standard InChI is InChI=1S/C21H21NO3S/c1-5-17-19(21(23)24)26-20(22-17)15-8-10-16(11-9-15)25-18-13(3)7-6-12(2)14(18)4/h6-11H,5H2,1-4H3,(H,23,24). The number of aromatic carboxylic acids is 1. The van der Waals surface area contributed by atoms with Crippen molar-refractivity contribution in [2.75, 3.05) is 0 Å². The maximum atomic E-state index is 11.3. The molecule has 4 nitrogen and oxygen atoms in total. The lowest BCUT2D eigenvalue weighted by molar-refractivity contribution is 0.0701. The summed E-state index contributed by atoms with van der Waals surface area (Å²) in [4.78, 5) is 16.1. The second kappa shape index (κ2) is 7.30. The minimum absolute atomic E-state index is 0.314. The average Bonchev–Trinajstić information content (AvgIpc) is 3.07. The number of carboxylic acids is 1. The van der Waals surface area contributed by atoms with Crippen LogP contribution in [0.15, 0.2) is 36.4 Å². The van der Waals surface area contributed by atoms with Crippen LogP contribution in [0.5, 0.6) is 11.5 Å². The number of rotatable bonds is 5. The highest BCUT2D eigenvalue weighted by Gasteiger charge is 2.17. The summed E-state index contributed by atoms with van der Waals surface area (Å²) in [6.45, 7) is 8.07. The molecule has 2 aromatic carbocycles. The van der Waals surface area contributed by atoms with E-state index in [9.17, 15) is 9.90 Å². The second-order valence-corrected chi connectivity index (χ2v) is 7.23. The highest BCUT2D eigenvalue weighted by molar-refractivity contribution is 7.17. The zero-order valence-corrected chi connectivity index (χ0v) is 16.1. The van der Waals surface area contributed by atoms with Crippen molar-refractivity contribution in [3.8, 4) is 22.1 Å². The summed E-state index contributed by atoms with van der Waals surface area (Å²) in [5, 5.41) is 10.0. The first-order chi connectivity index (χ1) is 12.4. The Labute approximate surface area is 157 Å². The van der Waals surface area contributed by atoms with Crippen LogP contribution in [-0.2, 0) is 6.42 Å². The van der Waals surface area contributed by atoms with Crippen LogP contribution >= 0.6 is 11.3 Å². The van der Waals surface area contributed by atoms with Crippen molar-refractivity contribution < 1.29 is 14.6 Å². The van der Waals surface area contributed by atoms with Crippen LogP contribution in [0.25, 0.3) is 10.6 Å². The summed E-state index contributed by atoms with van der Waals surface area (Å²) in [6.07, 6.45) is 0.602. The number of aryl methyl sites for hydroxylation is 3. The molecule has 0 amide bonds. The molecule has 0 aliphatic heterocycles. The van der Waals surface area contributed by atoms with Gasteiger partial charge in [-0.05, 0) is 68.1 Å². The molecule has 0 fully saturated rings. The van der Waals surface area contributed by atoms with E-state index in [1.54, 1.807) is 0 Å². The van der Waals surface area contributed by atoms with Crippen LogP contribution in [0, 0.1) is 20.8 Å². The van der Waals surface area contributed by atoms with Crippen LogP contribution < -0.4 is 4.74 Å². The Hall–Kier alpha value is -2.66. The molecule has 0 saturated carbocycles. The van der Waals surface area contributed by atoms with Gasteiger partial charge in [-0.25, -0.2) is 9.78 Å². The zero-order chi connectivity index (χ0) is 18.8. The van der Waals surface area contributed by atoms with E-state index in [2.05, 4.69) is 31.0 Å². The Balaban J connectivity index is 1.88. The second-order valence-electron chi connectivity index (χ2n) is 6.23. The molecule has 134 valence electrons. The first-order valence-corrected chi connectivity index (χ1v) is 9.30. The van der Waals surface area contributed by atoms with E-state index in [-0.39, 0.29) is 0 Å². The van der Waals surface area contributed by atoms with Gasteiger partial charge in [-0.15, -0.1) is 11.3 Å². The minimum Gasteiger partial charge on any atom is -0.477 e. The van der Waals surface area contributed by atoms with Gasteiger partial charge in [-0.3, -0.25) is 0 Å². The van der Waals surface area contributed by atoms with Gasteiger partial charge in [-0.2, -0.15) is 0 Å². The number of ether oxygens (including phenoxy) is 1. The molecular formula is C21H21NO3S. The lowest BCUT2D eigenvalue weighted by atomic mass is 10.1. The van der Waals surface area contributed by atoms with Gasteiger partial charge in [0, 0.05) is 5.56 Å². The molecule has 1 heterocycles. The summed E-state index contributed by atoms with van der Waals surface area (Å²) >= 11 is 1.21. The maximum Gasteiger partial charge on any atom is 0.347 e. The van der Waals surface area contributed by atoms with Crippen LogP contribution in [0.2, 0.25) is 0 Å². The van der Waals surface area contributed by atoms with Crippen molar-refractivity contribution in [1.29, 1.82) is 0 Å². The third kappa shape index (κ3) is 3.48. The molecule has 0 bridgehead atoms. The summed E-state index contributed by atoms with van der Waals surface area (Å²) in [7, 11) is 0. The number of carbonyl (C=O) groups is 1. The molecule has 3 rings (SSSR count). The zero-order valence-electron chi connectivity index (χ0n) is 15.3. The van der Waals surface area contributed by atoms with Gasteiger partial charge in [0.25, 0.3) is 0 Å². The molecule has 0 radical (unpaired) electrons. The first-order valence-electron chi connectivity index (χ1n) is 8.48. The number of aromatic nitrogens is 1. The molecule has 0 aliphatic rings. The van der Waals surface area contributed by atoms with Crippen LogP contribution in [0.3, 0.4) is 0 Å². The lowest BCUT2D eigenvalue weighted by Gasteiger charge is -2.13. The SMILES string of the molecule is CCc1nc(-c2ccc(Oc3c(C)ccc(C)c3C)cc2)sc1C(=O)O. The Morgan fingerprint density at radius 2 is 1.73 bits per heavy atom. The van der Waals surface area contributed by atoms with Gasteiger partial charge in [0.05, 0.1) is 5.69 Å². The molecule has 26 heavy (non-hydrogen) atoms. The van der Waals surface area contributed by atoms with Gasteiger partial charge < -0.3 is 9.84 Å². The number of hydrogen-bond acceptors (Lipinski definition) is 4. The predicted molar refractivity (Wildman–Crippen MR) is 105 cm³/mol. The van der Waals surface area contributed by atoms with Crippen LogP contribution in [0.4, 0.5) is 0 Å². The smallest absolute Gasteiger partial charge is 0.347 e. The van der Waals surface area contributed by atoms with Gasteiger partial charge in [0.2, 0.25) is 0 Å². The fourth-order valence-electron chi connectivity index (χ4n) is 2.75. The van der Waals surface area contributed by atoms with E-state index in [4.69, 9.17) is 4.74 Å². The quantitative estimate of drug-likeness (QED) is 0.620. The summed E-state index contributed by atoms with van der Waals surface area (Å²) in [5.74, 6) is 0.709. The van der Waals surface area contributed by atoms with E-state index in [1.165, 1.54) is 16.9 Å². The van der Waals surface area contributed by atoms with Gasteiger partial charge in [0.1, 0.15) is 21.4 Å². The topological polar surface area (TPSA) is 59.4 Å². The van der Waals surface area contributed by atoms with E-state index in [1.807, 2.05) is 38.1 Å². The molecule has 1 N–H and O–H groups in total. The third-order valence-electron chi connectivity index (χ3n) is 4.42. The highest BCUT2D eigenvalue weighted by atomic mass is 32.1. The fraction of sp³-hybridized carbons (Fsp3) is 0.238. The minimum atomic E-state index is -0.920. The number of thiazole rings is 1. The number of benzene rings is 2. The van der Waals surface area contributed by atoms with Crippen LogP contribution in [-0.4, -0.2) is 16.1 Å². The molecule has 0 aliphatic carbocycles. The Bertz CT molecular complexity index is 958. The monoisotopic (exact) mass is 367 g/mol. The van der Waals surface area contributed by atoms with Gasteiger partial charge >= 0.3 is 5.97 Å². The Kier molecular flexibility index (Phi) is 5.09. The molecule has 0 atom stereocenters. The van der Waals surface area contributed by atoms with E-state index >= 15 is 0 Å². The number of hydrogen-bond donors (Lipinski definition) is 1. The van der Waals surface area contributed by atoms with E-state index < -0.39 is 5.97 Å². The summed E-state index contributed by atoms with van der Waals surface area (Å²) < 4.78 is 6.09. The highest BCUT2D eigenvalue weighted by Crippen LogP contribution is 2.33. The normalized spacial score (nSPS) is 10.8. The number of nitrogens with zero attached hydrogens (tertiary/aromatic N) is 1. The molecule has 3 aromatic rings. The van der Waals surface area contributed by atoms with E-state index in [0.29, 0.717) is 22.0 Å². The van der Waals surface area contributed by atoms with Gasteiger partial charge in [0.15, 0.2) is 0 Å². The molecular weight excluding hydrogens is 346 g/mol. The van der Waals surface area contributed by atoms with Crippen molar-refractivity contribution in [1.82, 2.24) is 4.98 Å². The van der Waals surface area contributed by atoms with Crippen molar-refractivity contribution in [2.24, 2.45) is 0 Å². The average molecular weight is 367 g/mol. The largest absolute Gasteiger partial charge is 0.477 e. The van der Waals surface area contributed by atoms with Crippen molar-refractivity contribution in [2.45, 2.75) is 34.1 Å². The predicted octanol–water partition coefficient (Wildman–Crippen LogP) is 5.79. The lowest BCUT2D eigenvalue weighted by Crippen LogP contribution is -1.97. The van der Waals surface area contributed by atoms with Crippen molar-refractivity contribution in [3.05, 3.63) is 63.7 Å². The summed E-state index contributed by atoms with van der Waals surface area (Å²) in [6, 6.07) is 11.8. The molecule has 0 unspecified atom stereocenters.